The maximum atomic E-state index is 5.24. The Kier molecular flexibility index (Phi) is 10.4. The van der Waals surface area contributed by atoms with Crippen molar-refractivity contribution in [2.75, 3.05) is 13.2 Å². The predicted octanol–water partition coefficient (Wildman–Crippen LogP) is 3.55. The molecule has 0 aliphatic heterocycles. The minimum absolute atomic E-state index is 0.857. The summed E-state index contributed by atoms with van der Waals surface area (Å²) in [6.07, 6.45) is 10.7. The van der Waals surface area contributed by atoms with Crippen molar-refractivity contribution in [2.45, 2.75) is 46.0 Å². The van der Waals surface area contributed by atoms with E-state index < -0.39 is 0 Å². The molecular formula is C11H22O. The first-order chi connectivity index (χ1) is 5.91. The quantitative estimate of drug-likeness (QED) is 0.400. The molecule has 1 heteroatoms. The molecule has 0 spiro atoms. The molecule has 72 valence electrons. The predicted molar refractivity (Wildman–Crippen MR) is 54.4 cm³/mol. The van der Waals surface area contributed by atoms with Crippen LogP contribution in [-0.2, 0) is 4.74 Å². The molecule has 0 unspecified atom stereocenters. The summed E-state index contributed by atoms with van der Waals surface area (Å²) in [5.74, 6) is 0. The fourth-order valence-electron chi connectivity index (χ4n) is 1.07. The Balaban J connectivity index is 2.86. The third-order valence-electron chi connectivity index (χ3n) is 1.77. The molecule has 12 heavy (non-hydrogen) atoms. The molecule has 0 amide bonds. The van der Waals surface area contributed by atoms with Gasteiger partial charge in [0, 0.05) is 13.2 Å². The summed E-state index contributed by atoms with van der Waals surface area (Å²) in [6.45, 7) is 6.01. The first-order valence-electron chi connectivity index (χ1n) is 5.14. The lowest BCUT2D eigenvalue weighted by Crippen LogP contribution is -1.92. The molecular weight excluding hydrogens is 148 g/mol. The van der Waals surface area contributed by atoms with Crippen molar-refractivity contribution in [3.05, 3.63) is 12.2 Å². The Morgan fingerprint density at radius 1 is 1.00 bits per heavy atom. The highest BCUT2D eigenvalue weighted by Gasteiger charge is 1.86. The molecule has 0 aromatic heterocycles. The average Bonchev–Trinajstić information content (AvgIpc) is 2.10. The molecule has 0 saturated carbocycles. The van der Waals surface area contributed by atoms with Gasteiger partial charge in [-0.3, -0.25) is 0 Å². The van der Waals surface area contributed by atoms with Crippen LogP contribution in [-0.4, -0.2) is 13.2 Å². The molecule has 0 bridgehead atoms. The molecule has 0 heterocycles. The van der Waals surface area contributed by atoms with E-state index in [0.29, 0.717) is 0 Å². The molecule has 0 aromatic carbocycles. The third-order valence-corrected chi connectivity index (χ3v) is 1.77. The van der Waals surface area contributed by atoms with Gasteiger partial charge >= 0.3 is 0 Å². The van der Waals surface area contributed by atoms with E-state index in [2.05, 4.69) is 19.1 Å². The number of allylic oxidation sites excluding steroid dienone is 2. The summed E-state index contributed by atoms with van der Waals surface area (Å²) in [7, 11) is 0. The monoisotopic (exact) mass is 170 g/mol. The molecule has 1 nitrogen and oxygen atoms in total. The summed E-state index contributed by atoms with van der Waals surface area (Å²) in [5, 5.41) is 0. The van der Waals surface area contributed by atoms with Crippen molar-refractivity contribution in [1.82, 2.24) is 0 Å². The van der Waals surface area contributed by atoms with Crippen LogP contribution in [0.1, 0.15) is 46.0 Å². The van der Waals surface area contributed by atoms with Gasteiger partial charge in [0.1, 0.15) is 0 Å². The Morgan fingerprint density at radius 2 is 1.83 bits per heavy atom. The van der Waals surface area contributed by atoms with Gasteiger partial charge in [0.05, 0.1) is 0 Å². The van der Waals surface area contributed by atoms with Crippen LogP contribution in [0, 0.1) is 0 Å². The van der Waals surface area contributed by atoms with E-state index in [0.717, 1.165) is 13.2 Å². The molecule has 0 saturated heterocycles. The highest BCUT2D eigenvalue weighted by atomic mass is 16.5. The minimum Gasteiger partial charge on any atom is -0.382 e. The molecule has 0 aromatic rings. The van der Waals surface area contributed by atoms with Gasteiger partial charge in [-0.2, -0.15) is 0 Å². The van der Waals surface area contributed by atoms with E-state index in [1.165, 1.54) is 32.1 Å². The summed E-state index contributed by atoms with van der Waals surface area (Å²) in [4.78, 5) is 0. The highest BCUT2D eigenvalue weighted by Crippen LogP contribution is 2.01. The Morgan fingerprint density at radius 3 is 2.50 bits per heavy atom. The smallest absolute Gasteiger partial charge is 0.0465 e. The molecule has 0 radical (unpaired) electrons. The normalized spacial score (nSPS) is 11.2. The fraction of sp³-hybridized carbons (Fsp3) is 0.818. The Bertz CT molecular complexity index is 97.2. The van der Waals surface area contributed by atoms with Gasteiger partial charge < -0.3 is 4.74 Å². The molecule has 0 aliphatic carbocycles. The lowest BCUT2D eigenvalue weighted by atomic mass is 10.2. The van der Waals surface area contributed by atoms with E-state index in [9.17, 15) is 0 Å². The van der Waals surface area contributed by atoms with Gasteiger partial charge in [0.2, 0.25) is 0 Å². The number of rotatable bonds is 8. The van der Waals surface area contributed by atoms with Crippen molar-refractivity contribution in [1.29, 1.82) is 0 Å². The SMILES string of the molecule is CCC=CCCCCCOCC. The zero-order chi connectivity index (χ0) is 9.07. The van der Waals surface area contributed by atoms with Gasteiger partial charge in [-0.1, -0.05) is 25.5 Å². The van der Waals surface area contributed by atoms with Crippen LogP contribution >= 0.6 is 0 Å². The molecule has 0 aliphatic rings. The second-order valence-corrected chi connectivity index (χ2v) is 2.93. The average molecular weight is 170 g/mol. The zero-order valence-electron chi connectivity index (χ0n) is 8.51. The van der Waals surface area contributed by atoms with Gasteiger partial charge in [-0.15, -0.1) is 0 Å². The zero-order valence-corrected chi connectivity index (χ0v) is 8.51. The van der Waals surface area contributed by atoms with E-state index in [1.54, 1.807) is 0 Å². The van der Waals surface area contributed by atoms with E-state index >= 15 is 0 Å². The maximum Gasteiger partial charge on any atom is 0.0465 e. The van der Waals surface area contributed by atoms with Crippen molar-refractivity contribution in [2.24, 2.45) is 0 Å². The standard InChI is InChI=1S/C11H22O/c1-3-5-6-7-8-9-10-11-12-4-2/h5-6H,3-4,7-11H2,1-2H3. The second kappa shape index (κ2) is 10.7. The third kappa shape index (κ3) is 9.70. The van der Waals surface area contributed by atoms with Crippen LogP contribution in [0.25, 0.3) is 0 Å². The van der Waals surface area contributed by atoms with Crippen LogP contribution in [0.2, 0.25) is 0 Å². The van der Waals surface area contributed by atoms with Crippen molar-refractivity contribution >= 4 is 0 Å². The summed E-state index contributed by atoms with van der Waals surface area (Å²) < 4.78 is 5.24. The van der Waals surface area contributed by atoms with Gasteiger partial charge in [0.25, 0.3) is 0 Å². The lowest BCUT2D eigenvalue weighted by molar-refractivity contribution is 0.143. The van der Waals surface area contributed by atoms with Crippen molar-refractivity contribution < 1.29 is 4.74 Å². The first kappa shape index (κ1) is 11.7. The fourth-order valence-corrected chi connectivity index (χ4v) is 1.07. The lowest BCUT2D eigenvalue weighted by Gasteiger charge is -1.99. The molecule has 0 rings (SSSR count). The largest absolute Gasteiger partial charge is 0.382 e. The van der Waals surface area contributed by atoms with Crippen LogP contribution in [0.4, 0.5) is 0 Å². The van der Waals surface area contributed by atoms with E-state index in [4.69, 9.17) is 4.74 Å². The highest BCUT2D eigenvalue weighted by molar-refractivity contribution is 4.79. The topological polar surface area (TPSA) is 9.23 Å². The molecule has 0 atom stereocenters. The van der Waals surface area contributed by atoms with E-state index in [1.807, 2.05) is 6.92 Å². The summed E-state index contributed by atoms with van der Waals surface area (Å²) in [6, 6.07) is 0. The van der Waals surface area contributed by atoms with Crippen molar-refractivity contribution in [3.8, 4) is 0 Å². The van der Waals surface area contributed by atoms with Gasteiger partial charge in [-0.05, 0) is 32.6 Å². The Hall–Kier alpha value is -0.300. The number of hydrogen-bond donors (Lipinski definition) is 0. The molecule has 0 fully saturated rings. The van der Waals surface area contributed by atoms with Crippen LogP contribution in [0.3, 0.4) is 0 Å². The summed E-state index contributed by atoms with van der Waals surface area (Å²) in [5.41, 5.74) is 0. The number of hydrogen-bond acceptors (Lipinski definition) is 1. The van der Waals surface area contributed by atoms with Gasteiger partial charge in [-0.25, -0.2) is 0 Å². The summed E-state index contributed by atoms with van der Waals surface area (Å²) >= 11 is 0. The van der Waals surface area contributed by atoms with Crippen LogP contribution in [0.5, 0.6) is 0 Å². The van der Waals surface area contributed by atoms with Crippen LogP contribution in [0.15, 0.2) is 12.2 Å². The van der Waals surface area contributed by atoms with Gasteiger partial charge in [0.15, 0.2) is 0 Å². The van der Waals surface area contributed by atoms with Crippen LogP contribution < -0.4 is 0 Å². The first-order valence-corrected chi connectivity index (χ1v) is 5.14. The Labute approximate surface area is 76.8 Å². The van der Waals surface area contributed by atoms with E-state index in [-0.39, 0.29) is 0 Å². The number of ether oxygens (including phenoxy) is 1. The minimum atomic E-state index is 0.857. The maximum absolute atomic E-state index is 5.24. The second-order valence-electron chi connectivity index (χ2n) is 2.93. The molecule has 0 N–H and O–H groups in total. The number of unbranched alkanes of at least 4 members (excludes halogenated alkanes) is 3. The van der Waals surface area contributed by atoms with Crippen molar-refractivity contribution in [3.63, 3.8) is 0 Å².